The molecule has 0 fully saturated rings. The summed E-state index contributed by atoms with van der Waals surface area (Å²) in [6, 6.07) is 14.4. The molecule has 0 saturated carbocycles. The van der Waals surface area contributed by atoms with Crippen LogP contribution in [0.15, 0.2) is 59.8 Å². The number of hydrogen-bond donors (Lipinski definition) is 2. The highest BCUT2D eigenvalue weighted by Crippen LogP contribution is 2.47. The Bertz CT molecular complexity index is 977. The van der Waals surface area contributed by atoms with Gasteiger partial charge in [0.25, 0.3) is 0 Å². The van der Waals surface area contributed by atoms with Crippen LogP contribution in [0.2, 0.25) is 5.02 Å². The molecular weight excluding hydrogens is 402 g/mol. The van der Waals surface area contributed by atoms with Gasteiger partial charge in [-0.25, -0.2) is 0 Å². The quantitative estimate of drug-likeness (QED) is 0.695. The number of Topliss-reactive ketones (excluding diaryl/α,β-unsaturated/α-hetero) is 2. The van der Waals surface area contributed by atoms with Gasteiger partial charge in [-0.2, -0.15) is 0 Å². The summed E-state index contributed by atoms with van der Waals surface area (Å²) >= 11 is 6.05. The highest BCUT2D eigenvalue weighted by molar-refractivity contribution is 6.30. The lowest BCUT2D eigenvalue weighted by molar-refractivity contribution is -0.131. The minimum absolute atomic E-state index is 0.146. The summed E-state index contributed by atoms with van der Waals surface area (Å²) in [5, 5.41) is 15.1. The van der Waals surface area contributed by atoms with E-state index in [9.17, 15) is 14.7 Å². The highest BCUT2D eigenvalue weighted by Gasteiger charge is 2.49. The zero-order valence-corrected chi connectivity index (χ0v) is 18.3. The number of carbonyl (C=O) groups excluding carboxylic acids is 2. The van der Waals surface area contributed by atoms with Gasteiger partial charge in [-0.1, -0.05) is 23.7 Å². The molecule has 2 aromatic rings. The second-order valence-electron chi connectivity index (χ2n) is 7.95. The van der Waals surface area contributed by atoms with Gasteiger partial charge in [0.2, 0.25) is 0 Å². The molecule has 0 saturated heterocycles. The number of methoxy groups -OCH3 is 1. The van der Waals surface area contributed by atoms with E-state index in [2.05, 4.69) is 5.32 Å². The van der Waals surface area contributed by atoms with Crippen LogP contribution in [0.25, 0.3) is 0 Å². The third-order valence-electron chi connectivity index (χ3n) is 5.61. The van der Waals surface area contributed by atoms with Crippen LogP contribution in [0.4, 0.5) is 5.69 Å². The van der Waals surface area contributed by atoms with Gasteiger partial charge in [0.1, 0.15) is 11.5 Å². The number of ether oxygens (including phenoxy) is 1. The van der Waals surface area contributed by atoms with Crippen LogP contribution in [-0.2, 0) is 9.59 Å². The van der Waals surface area contributed by atoms with Crippen molar-refractivity contribution in [2.75, 3.05) is 12.4 Å². The molecule has 0 aromatic heterocycles. The minimum Gasteiger partial charge on any atom is -0.497 e. The highest BCUT2D eigenvalue weighted by atomic mass is 35.5. The summed E-state index contributed by atoms with van der Waals surface area (Å²) in [6.45, 7) is 4.60. The zero-order chi connectivity index (χ0) is 22.1. The molecule has 3 rings (SSSR count). The molecule has 2 aromatic carbocycles. The van der Waals surface area contributed by atoms with E-state index in [4.69, 9.17) is 16.3 Å². The van der Waals surface area contributed by atoms with Crippen LogP contribution >= 0.6 is 11.6 Å². The number of hydrogen-bond acceptors (Lipinski definition) is 5. The number of carbonyl (C=O) groups is 2. The number of halogens is 1. The first-order valence-corrected chi connectivity index (χ1v) is 10.1. The number of allylic oxidation sites excluding steroid dienone is 1. The van der Waals surface area contributed by atoms with Gasteiger partial charge in [-0.05, 0) is 62.7 Å². The first kappa shape index (κ1) is 22.1. The number of rotatable bonds is 6. The average Bonchev–Trinajstić information content (AvgIpc) is 2.67. The summed E-state index contributed by atoms with van der Waals surface area (Å²) < 4.78 is 5.19. The van der Waals surface area contributed by atoms with E-state index in [1.54, 1.807) is 38.3 Å². The Morgan fingerprint density at radius 1 is 1.10 bits per heavy atom. The largest absolute Gasteiger partial charge is 0.497 e. The molecule has 0 radical (unpaired) electrons. The lowest BCUT2D eigenvalue weighted by Crippen LogP contribution is -2.48. The van der Waals surface area contributed by atoms with Gasteiger partial charge >= 0.3 is 0 Å². The topological polar surface area (TPSA) is 75.6 Å². The Morgan fingerprint density at radius 3 is 2.20 bits per heavy atom. The van der Waals surface area contributed by atoms with Gasteiger partial charge in [-0.15, -0.1) is 0 Å². The molecule has 0 amide bonds. The molecule has 1 aliphatic carbocycles. The molecular formula is C24H26ClNO4. The third-order valence-corrected chi connectivity index (χ3v) is 5.86. The first-order chi connectivity index (χ1) is 14.1. The second-order valence-corrected chi connectivity index (χ2v) is 8.39. The third kappa shape index (κ3) is 4.42. The van der Waals surface area contributed by atoms with Crippen LogP contribution in [0.5, 0.6) is 5.75 Å². The Kier molecular flexibility index (Phi) is 6.34. The molecule has 0 spiro atoms. The van der Waals surface area contributed by atoms with Crippen molar-refractivity contribution in [3.8, 4) is 5.75 Å². The number of aliphatic hydroxyl groups is 1. The van der Waals surface area contributed by atoms with E-state index in [1.165, 1.54) is 13.8 Å². The Balaban J connectivity index is 2.16. The van der Waals surface area contributed by atoms with Crippen molar-refractivity contribution in [3.63, 3.8) is 0 Å². The molecule has 5 nitrogen and oxygen atoms in total. The maximum atomic E-state index is 12.8. The van der Waals surface area contributed by atoms with Gasteiger partial charge in [0.05, 0.1) is 18.6 Å². The average molecular weight is 428 g/mol. The maximum Gasteiger partial charge on any atom is 0.158 e. The lowest BCUT2D eigenvalue weighted by atomic mass is 9.64. The van der Waals surface area contributed by atoms with Crippen LogP contribution in [0.1, 0.15) is 38.7 Å². The van der Waals surface area contributed by atoms with E-state index >= 15 is 0 Å². The van der Waals surface area contributed by atoms with E-state index in [0.717, 1.165) is 11.3 Å². The fraction of sp³-hybridized carbons (Fsp3) is 0.333. The molecule has 1 aliphatic rings. The summed E-state index contributed by atoms with van der Waals surface area (Å²) in [6.07, 6.45) is 0.155. The van der Waals surface area contributed by atoms with Crippen molar-refractivity contribution in [3.05, 3.63) is 70.4 Å². The normalized spacial score (nSPS) is 23.8. The van der Waals surface area contributed by atoms with Gasteiger partial charge in [0, 0.05) is 34.3 Å². The molecule has 158 valence electrons. The fourth-order valence-corrected chi connectivity index (χ4v) is 4.50. The van der Waals surface area contributed by atoms with E-state index in [-0.39, 0.29) is 18.0 Å². The van der Waals surface area contributed by atoms with Crippen LogP contribution in [0, 0.1) is 5.92 Å². The van der Waals surface area contributed by atoms with Crippen molar-refractivity contribution in [2.24, 2.45) is 5.92 Å². The van der Waals surface area contributed by atoms with Crippen molar-refractivity contribution in [1.29, 1.82) is 0 Å². The Labute approximate surface area is 181 Å². The molecule has 3 atom stereocenters. The van der Waals surface area contributed by atoms with Gasteiger partial charge < -0.3 is 15.2 Å². The summed E-state index contributed by atoms with van der Waals surface area (Å²) in [7, 11) is 1.59. The summed E-state index contributed by atoms with van der Waals surface area (Å²) in [5.74, 6) is -0.927. The number of nitrogens with one attached hydrogen (secondary N) is 1. The summed E-state index contributed by atoms with van der Waals surface area (Å²) in [4.78, 5) is 25.4. The first-order valence-electron chi connectivity index (χ1n) is 9.77. The molecule has 30 heavy (non-hydrogen) atoms. The van der Waals surface area contributed by atoms with Gasteiger partial charge in [-0.3, -0.25) is 9.59 Å². The number of anilines is 1. The van der Waals surface area contributed by atoms with E-state index < -0.39 is 17.4 Å². The molecule has 2 N–H and O–H groups in total. The number of ketones is 2. The van der Waals surface area contributed by atoms with E-state index in [0.29, 0.717) is 22.0 Å². The number of benzene rings is 2. The SMILES string of the molecule is COc1ccc(NC2=C(C(C)=O)C(c3ccc(Cl)cc3)C(C(C)=O)C(C)(O)C2)cc1. The van der Waals surface area contributed by atoms with Crippen LogP contribution < -0.4 is 10.1 Å². The molecule has 3 unspecified atom stereocenters. The predicted octanol–water partition coefficient (Wildman–Crippen LogP) is 4.75. The summed E-state index contributed by atoms with van der Waals surface area (Å²) in [5.41, 5.74) is 1.30. The standard InChI is InChI=1S/C24H26ClNO4/c1-14(27)21-20(26-18-9-11-19(30-4)12-10-18)13-24(3,29)23(15(2)28)22(21)16-5-7-17(25)8-6-16/h5-12,22-23,26,29H,13H2,1-4H3. The second kappa shape index (κ2) is 8.62. The van der Waals surface area contributed by atoms with Crippen molar-refractivity contribution in [2.45, 2.75) is 38.7 Å². The van der Waals surface area contributed by atoms with Crippen LogP contribution in [-0.4, -0.2) is 29.4 Å². The van der Waals surface area contributed by atoms with Crippen molar-refractivity contribution < 1.29 is 19.4 Å². The zero-order valence-electron chi connectivity index (χ0n) is 17.5. The lowest BCUT2D eigenvalue weighted by Gasteiger charge is -2.43. The smallest absolute Gasteiger partial charge is 0.158 e. The monoisotopic (exact) mass is 427 g/mol. The minimum atomic E-state index is -1.33. The molecule has 0 heterocycles. The molecule has 6 heteroatoms. The van der Waals surface area contributed by atoms with Gasteiger partial charge in [0.15, 0.2) is 5.78 Å². The predicted molar refractivity (Wildman–Crippen MR) is 118 cm³/mol. The van der Waals surface area contributed by atoms with Crippen molar-refractivity contribution >= 4 is 28.9 Å². The Hall–Kier alpha value is -2.63. The van der Waals surface area contributed by atoms with E-state index in [1.807, 2.05) is 24.3 Å². The molecule has 0 bridgehead atoms. The van der Waals surface area contributed by atoms with Crippen molar-refractivity contribution in [1.82, 2.24) is 0 Å². The molecule has 0 aliphatic heterocycles. The fourth-order valence-electron chi connectivity index (χ4n) is 4.37. The maximum absolute atomic E-state index is 12.8. The Morgan fingerprint density at radius 2 is 1.70 bits per heavy atom. The van der Waals surface area contributed by atoms with Crippen LogP contribution in [0.3, 0.4) is 0 Å².